The van der Waals surface area contributed by atoms with Crippen LogP contribution in [0.1, 0.15) is 12.8 Å². The summed E-state index contributed by atoms with van der Waals surface area (Å²) in [5.74, 6) is -1.65. The van der Waals surface area contributed by atoms with E-state index < -0.39 is 34.8 Å². The first-order valence-electron chi connectivity index (χ1n) is 7.16. The fourth-order valence-corrected chi connectivity index (χ4v) is 3.98. The molecule has 0 aromatic heterocycles. The normalized spacial score (nSPS) is 19.8. The number of anilines is 1. The SMILES string of the molecule is COC(=O)Nc1ccc(S(=O)(=O)N2CCC[C@@H](C(F)(F)F)C2)cc1. The average Bonchev–Trinajstić information content (AvgIpc) is 2.54. The Kier molecular flexibility index (Phi) is 5.38. The van der Waals surface area contributed by atoms with Crippen molar-refractivity contribution in [3.63, 3.8) is 0 Å². The second kappa shape index (κ2) is 6.98. The first-order chi connectivity index (χ1) is 11.1. The quantitative estimate of drug-likeness (QED) is 0.893. The average molecular weight is 366 g/mol. The summed E-state index contributed by atoms with van der Waals surface area (Å²) in [7, 11) is -2.83. The molecule has 1 saturated heterocycles. The number of benzene rings is 1. The minimum Gasteiger partial charge on any atom is -0.453 e. The van der Waals surface area contributed by atoms with Crippen LogP contribution in [-0.4, -0.2) is 45.2 Å². The van der Waals surface area contributed by atoms with Gasteiger partial charge in [0.05, 0.1) is 17.9 Å². The minimum atomic E-state index is -4.41. The largest absolute Gasteiger partial charge is 0.453 e. The predicted molar refractivity (Wildman–Crippen MR) is 80.0 cm³/mol. The molecule has 1 aliphatic rings. The number of halogens is 3. The summed E-state index contributed by atoms with van der Waals surface area (Å²) < 4.78 is 68.8. The van der Waals surface area contributed by atoms with Gasteiger partial charge < -0.3 is 4.74 Å². The van der Waals surface area contributed by atoms with E-state index in [0.29, 0.717) is 5.69 Å². The van der Waals surface area contributed by atoms with Crippen molar-refractivity contribution in [2.75, 3.05) is 25.5 Å². The maximum absolute atomic E-state index is 12.8. The van der Waals surface area contributed by atoms with E-state index in [9.17, 15) is 26.4 Å². The van der Waals surface area contributed by atoms with Gasteiger partial charge in [0.25, 0.3) is 0 Å². The Hall–Kier alpha value is -1.81. The molecule has 1 N–H and O–H groups in total. The van der Waals surface area contributed by atoms with Crippen molar-refractivity contribution >= 4 is 21.8 Å². The third-order valence-corrected chi connectivity index (χ3v) is 5.65. The Morgan fingerprint density at radius 1 is 1.29 bits per heavy atom. The van der Waals surface area contributed by atoms with E-state index in [1.807, 2.05) is 0 Å². The minimum absolute atomic E-state index is 0.0527. The third kappa shape index (κ3) is 4.18. The standard InChI is InChI=1S/C14H17F3N2O4S/c1-23-13(20)18-11-4-6-12(7-5-11)24(21,22)19-8-2-3-10(9-19)14(15,16)17/h4-7,10H,2-3,8-9H2,1H3,(H,18,20)/t10-/m1/s1. The van der Waals surface area contributed by atoms with Crippen molar-refractivity contribution in [1.29, 1.82) is 0 Å². The van der Waals surface area contributed by atoms with Gasteiger partial charge >= 0.3 is 12.3 Å². The molecule has 0 unspecified atom stereocenters. The van der Waals surface area contributed by atoms with E-state index >= 15 is 0 Å². The van der Waals surface area contributed by atoms with Gasteiger partial charge in [0.15, 0.2) is 0 Å². The molecule has 0 saturated carbocycles. The first kappa shape index (κ1) is 18.5. The number of ether oxygens (including phenoxy) is 1. The third-order valence-electron chi connectivity index (χ3n) is 3.77. The number of sulfonamides is 1. The summed E-state index contributed by atoms with van der Waals surface area (Å²) in [6.07, 6.45) is -5.04. The monoisotopic (exact) mass is 366 g/mol. The Morgan fingerprint density at radius 3 is 2.46 bits per heavy atom. The topological polar surface area (TPSA) is 75.7 Å². The number of piperidine rings is 1. The van der Waals surface area contributed by atoms with Crippen LogP contribution >= 0.6 is 0 Å². The van der Waals surface area contributed by atoms with E-state index in [4.69, 9.17) is 0 Å². The van der Waals surface area contributed by atoms with Crippen molar-refractivity contribution in [1.82, 2.24) is 4.31 Å². The van der Waals surface area contributed by atoms with E-state index in [2.05, 4.69) is 10.1 Å². The highest BCUT2D eigenvalue weighted by Gasteiger charge is 2.44. The molecule has 6 nitrogen and oxygen atoms in total. The number of nitrogens with zero attached hydrogens (tertiary/aromatic N) is 1. The Balaban J connectivity index is 2.16. The van der Waals surface area contributed by atoms with Crippen LogP contribution in [0.4, 0.5) is 23.7 Å². The molecule has 0 bridgehead atoms. The Bertz CT molecular complexity index is 689. The lowest BCUT2D eigenvalue weighted by Crippen LogP contribution is -2.44. The number of amides is 1. The van der Waals surface area contributed by atoms with Crippen LogP contribution in [-0.2, 0) is 14.8 Å². The fourth-order valence-electron chi connectivity index (χ4n) is 2.46. The molecule has 134 valence electrons. The molecule has 0 spiro atoms. The zero-order valence-electron chi connectivity index (χ0n) is 12.8. The van der Waals surface area contributed by atoms with Gasteiger partial charge in [-0.2, -0.15) is 17.5 Å². The molecule has 1 amide bonds. The van der Waals surface area contributed by atoms with Gasteiger partial charge in [-0.05, 0) is 37.1 Å². The van der Waals surface area contributed by atoms with Crippen molar-refractivity contribution in [3.8, 4) is 0 Å². The van der Waals surface area contributed by atoms with Crippen LogP contribution < -0.4 is 5.32 Å². The van der Waals surface area contributed by atoms with Crippen LogP contribution in [0.2, 0.25) is 0 Å². The Labute approximate surface area is 137 Å². The van der Waals surface area contributed by atoms with Gasteiger partial charge in [-0.1, -0.05) is 0 Å². The maximum Gasteiger partial charge on any atom is 0.411 e. The summed E-state index contributed by atoms with van der Waals surface area (Å²) in [4.78, 5) is 10.9. The second-order valence-corrected chi connectivity index (χ2v) is 7.32. The van der Waals surface area contributed by atoms with Crippen molar-refractivity contribution < 1.29 is 31.1 Å². The van der Waals surface area contributed by atoms with Gasteiger partial charge in [-0.15, -0.1) is 0 Å². The molecule has 0 aliphatic carbocycles. The molecular formula is C14H17F3N2O4S. The van der Waals surface area contributed by atoms with E-state index in [0.717, 1.165) is 4.31 Å². The molecule has 1 fully saturated rings. The number of carbonyl (C=O) groups is 1. The highest BCUT2D eigenvalue weighted by molar-refractivity contribution is 7.89. The zero-order chi connectivity index (χ0) is 18.0. The molecule has 1 aromatic carbocycles. The van der Waals surface area contributed by atoms with Crippen molar-refractivity contribution in [2.24, 2.45) is 5.92 Å². The van der Waals surface area contributed by atoms with Gasteiger partial charge in [0, 0.05) is 18.8 Å². The lowest BCUT2D eigenvalue weighted by Gasteiger charge is -2.32. The number of rotatable bonds is 3. The number of alkyl halides is 3. The molecule has 1 heterocycles. The summed E-state index contributed by atoms with van der Waals surface area (Å²) in [5.41, 5.74) is 0.313. The number of nitrogens with one attached hydrogen (secondary N) is 1. The Morgan fingerprint density at radius 2 is 1.92 bits per heavy atom. The van der Waals surface area contributed by atoms with Gasteiger partial charge in [0.2, 0.25) is 10.0 Å². The molecule has 24 heavy (non-hydrogen) atoms. The molecule has 2 rings (SSSR count). The fraction of sp³-hybridized carbons (Fsp3) is 0.500. The first-order valence-corrected chi connectivity index (χ1v) is 8.60. The van der Waals surface area contributed by atoms with Gasteiger partial charge in [0.1, 0.15) is 0 Å². The smallest absolute Gasteiger partial charge is 0.411 e. The number of hydrogen-bond acceptors (Lipinski definition) is 4. The summed E-state index contributed by atoms with van der Waals surface area (Å²) in [5, 5.41) is 2.36. The molecular weight excluding hydrogens is 349 g/mol. The molecule has 1 atom stereocenters. The number of methoxy groups -OCH3 is 1. The lowest BCUT2D eigenvalue weighted by atomic mass is 9.99. The maximum atomic E-state index is 12.8. The van der Waals surface area contributed by atoms with E-state index in [1.54, 1.807) is 0 Å². The van der Waals surface area contributed by atoms with Crippen molar-refractivity contribution in [3.05, 3.63) is 24.3 Å². The zero-order valence-corrected chi connectivity index (χ0v) is 13.7. The van der Waals surface area contributed by atoms with Crippen LogP contribution in [0.25, 0.3) is 0 Å². The molecule has 0 radical (unpaired) electrons. The second-order valence-electron chi connectivity index (χ2n) is 5.38. The predicted octanol–water partition coefficient (Wildman–Crippen LogP) is 2.83. The van der Waals surface area contributed by atoms with E-state index in [1.165, 1.54) is 31.4 Å². The number of hydrogen-bond donors (Lipinski definition) is 1. The van der Waals surface area contributed by atoms with Crippen LogP contribution in [0.3, 0.4) is 0 Å². The van der Waals surface area contributed by atoms with Crippen LogP contribution in [0.15, 0.2) is 29.2 Å². The van der Waals surface area contributed by atoms with Crippen LogP contribution in [0, 0.1) is 5.92 Å². The number of carbonyl (C=O) groups excluding carboxylic acids is 1. The molecule has 10 heteroatoms. The molecule has 1 aromatic rings. The van der Waals surface area contributed by atoms with E-state index in [-0.39, 0.29) is 24.3 Å². The summed E-state index contributed by atoms with van der Waals surface area (Å²) in [6.45, 7) is -0.523. The lowest BCUT2D eigenvalue weighted by molar-refractivity contribution is -0.182. The highest BCUT2D eigenvalue weighted by atomic mass is 32.2. The van der Waals surface area contributed by atoms with Gasteiger partial charge in [-0.3, -0.25) is 5.32 Å². The highest BCUT2D eigenvalue weighted by Crippen LogP contribution is 2.35. The van der Waals surface area contributed by atoms with Crippen LogP contribution in [0.5, 0.6) is 0 Å². The molecule has 1 aliphatic heterocycles. The van der Waals surface area contributed by atoms with Gasteiger partial charge in [-0.25, -0.2) is 13.2 Å². The summed E-state index contributed by atoms with van der Waals surface area (Å²) in [6, 6.07) is 5.15. The summed E-state index contributed by atoms with van der Waals surface area (Å²) >= 11 is 0. The van der Waals surface area contributed by atoms with Crippen molar-refractivity contribution in [2.45, 2.75) is 23.9 Å².